The van der Waals surface area contributed by atoms with Crippen LogP contribution in [0.1, 0.15) is 37.1 Å². The predicted molar refractivity (Wildman–Crippen MR) is 81.5 cm³/mol. The van der Waals surface area contributed by atoms with E-state index in [1.54, 1.807) is 6.07 Å². The summed E-state index contributed by atoms with van der Waals surface area (Å²) in [5.41, 5.74) is 6.92. The van der Waals surface area contributed by atoms with Gasteiger partial charge in [-0.2, -0.15) is 0 Å². The summed E-state index contributed by atoms with van der Waals surface area (Å²) < 4.78 is 0. The Hall–Kier alpha value is -1.76. The van der Waals surface area contributed by atoms with Crippen LogP contribution in [-0.2, 0) is 4.79 Å². The van der Waals surface area contributed by atoms with Crippen molar-refractivity contribution >= 4 is 29.1 Å². The van der Waals surface area contributed by atoms with E-state index in [0.717, 1.165) is 25.0 Å². The summed E-state index contributed by atoms with van der Waals surface area (Å²) in [7, 11) is 0. The lowest BCUT2D eigenvalue weighted by Gasteiger charge is -2.07. The quantitative estimate of drug-likeness (QED) is 0.511. The third-order valence-corrected chi connectivity index (χ3v) is 3.12. The van der Waals surface area contributed by atoms with Crippen molar-refractivity contribution in [3.63, 3.8) is 0 Å². The van der Waals surface area contributed by atoms with E-state index < -0.39 is 0 Å². The Morgan fingerprint density at radius 1 is 1.50 bits per heavy atom. The number of rotatable bonds is 7. The molecule has 0 atom stereocenters. The van der Waals surface area contributed by atoms with Crippen LogP contribution in [0.15, 0.2) is 6.07 Å². The molecule has 1 aromatic rings. The summed E-state index contributed by atoms with van der Waals surface area (Å²) in [5.74, 6) is 0.610. The second kappa shape index (κ2) is 6.60. The van der Waals surface area contributed by atoms with Gasteiger partial charge in [0.05, 0.1) is 0 Å². The number of anilines is 1. The summed E-state index contributed by atoms with van der Waals surface area (Å²) in [4.78, 5) is 20.2. The Balaban J connectivity index is 1.75. The van der Waals surface area contributed by atoms with Crippen LogP contribution in [0.5, 0.6) is 0 Å². The summed E-state index contributed by atoms with van der Waals surface area (Å²) in [6.45, 7) is 2.50. The third-order valence-electron chi connectivity index (χ3n) is 2.91. The first kappa shape index (κ1) is 14.6. The fraction of sp³-hybridized carbons (Fsp3) is 0.538. The molecule has 1 heterocycles. The van der Waals surface area contributed by atoms with Gasteiger partial charge in [-0.15, -0.1) is 0 Å². The van der Waals surface area contributed by atoms with E-state index >= 15 is 0 Å². The topological polar surface area (TPSA) is 92.9 Å². The van der Waals surface area contributed by atoms with Crippen LogP contribution in [-0.4, -0.2) is 33.5 Å². The van der Waals surface area contributed by atoms with E-state index in [-0.39, 0.29) is 10.9 Å². The first-order valence-corrected chi connectivity index (χ1v) is 7.14. The minimum Gasteiger partial charge on any atom is -0.388 e. The molecule has 1 aliphatic carbocycles. The second-order valence-corrected chi connectivity index (χ2v) is 5.39. The van der Waals surface area contributed by atoms with Crippen LogP contribution >= 0.6 is 12.2 Å². The Labute approximate surface area is 123 Å². The number of aromatic nitrogens is 2. The normalized spacial score (nSPS) is 13.8. The van der Waals surface area contributed by atoms with Gasteiger partial charge >= 0.3 is 0 Å². The maximum Gasteiger partial charge on any atom is 0.223 e. The number of carbonyl (C=O) groups excluding carboxylic acids is 1. The molecule has 6 nitrogen and oxygen atoms in total. The van der Waals surface area contributed by atoms with E-state index in [2.05, 4.69) is 20.6 Å². The fourth-order valence-electron chi connectivity index (χ4n) is 1.75. The molecule has 0 aromatic carbocycles. The summed E-state index contributed by atoms with van der Waals surface area (Å²) >= 11 is 4.90. The van der Waals surface area contributed by atoms with Crippen molar-refractivity contribution in [2.75, 3.05) is 11.9 Å². The van der Waals surface area contributed by atoms with Gasteiger partial charge in [0.25, 0.3) is 0 Å². The molecule has 108 valence electrons. The van der Waals surface area contributed by atoms with E-state index in [0.29, 0.717) is 30.6 Å². The predicted octanol–water partition coefficient (Wildman–Crippen LogP) is 0.890. The van der Waals surface area contributed by atoms with Gasteiger partial charge in [0, 0.05) is 24.7 Å². The van der Waals surface area contributed by atoms with Gasteiger partial charge in [-0.25, -0.2) is 9.97 Å². The highest BCUT2D eigenvalue weighted by Crippen LogP contribution is 2.18. The lowest BCUT2D eigenvalue weighted by Crippen LogP contribution is -2.25. The molecule has 0 radical (unpaired) electrons. The SMILES string of the molecule is Cc1cc(C(N)=S)nc(NCCCC(=O)NC2CC2)n1. The Bertz CT molecular complexity index is 515. The molecule has 0 aliphatic heterocycles. The molecule has 1 amide bonds. The number of carbonyl (C=O) groups is 1. The largest absolute Gasteiger partial charge is 0.388 e. The van der Waals surface area contributed by atoms with E-state index in [9.17, 15) is 4.79 Å². The molecule has 0 saturated heterocycles. The van der Waals surface area contributed by atoms with Gasteiger partial charge < -0.3 is 16.4 Å². The fourth-order valence-corrected chi connectivity index (χ4v) is 1.86. The number of nitrogens with one attached hydrogen (secondary N) is 2. The molecule has 1 aromatic heterocycles. The zero-order chi connectivity index (χ0) is 14.5. The number of thiocarbonyl (C=S) groups is 1. The first-order chi connectivity index (χ1) is 9.54. The number of hydrogen-bond acceptors (Lipinski definition) is 5. The van der Waals surface area contributed by atoms with Gasteiger partial charge in [0.1, 0.15) is 10.7 Å². The molecular formula is C13H19N5OS. The number of amides is 1. The lowest BCUT2D eigenvalue weighted by atomic mass is 10.3. The molecule has 1 aliphatic rings. The smallest absolute Gasteiger partial charge is 0.223 e. The monoisotopic (exact) mass is 293 g/mol. The number of hydrogen-bond donors (Lipinski definition) is 3. The van der Waals surface area contributed by atoms with Crippen LogP contribution < -0.4 is 16.4 Å². The van der Waals surface area contributed by atoms with Crippen LogP contribution in [0, 0.1) is 6.92 Å². The van der Waals surface area contributed by atoms with E-state index in [1.807, 2.05) is 6.92 Å². The minimum atomic E-state index is 0.114. The number of nitrogens with zero attached hydrogens (tertiary/aromatic N) is 2. The first-order valence-electron chi connectivity index (χ1n) is 6.73. The summed E-state index contributed by atoms with van der Waals surface area (Å²) in [6.07, 6.45) is 3.47. The van der Waals surface area contributed by atoms with E-state index in [1.165, 1.54) is 0 Å². The Morgan fingerprint density at radius 2 is 2.25 bits per heavy atom. The average molecular weight is 293 g/mol. The van der Waals surface area contributed by atoms with Crippen molar-refractivity contribution in [2.45, 2.75) is 38.6 Å². The van der Waals surface area contributed by atoms with Gasteiger partial charge in [-0.1, -0.05) is 12.2 Å². The highest BCUT2D eigenvalue weighted by atomic mass is 32.1. The molecule has 4 N–H and O–H groups in total. The lowest BCUT2D eigenvalue weighted by molar-refractivity contribution is -0.121. The number of aryl methyl sites for hydroxylation is 1. The van der Waals surface area contributed by atoms with E-state index in [4.69, 9.17) is 18.0 Å². The van der Waals surface area contributed by atoms with Crippen molar-refractivity contribution in [1.29, 1.82) is 0 Å². The Kier molecular flexibility index (Phi) is 4.84. The van der Waals surface area contributed by atoms with Gasteiger partial charge in [0.2, 0.25) is 11.9 Å². The molecule has 1 saturated carbocycles. The molecule has 1 fully saturated rings. The van der Waals surface area contributed by atoms with Gasteiger partial charge in [-0.05, 0) is 32.3 Å². The maximum atomic E-state index is 11.5. The summed E-state index contributed by atoms with van der Waals surface area (Å²) in [6, 6.07) is 2.17. The van der Waals surface area contributed by atoms with Gasteiger partial charge in [-0.3, -0.25) is 4.79 Å². The molecule has 2 rings (SSSR count). The highest BCUT2D eigenvalue weighted by Gasteiger charge is 2.22. The van der Waals surface area contributed by atoms with Crippen LogP contribution in [0.2, 0.25) is 0 Å². The summed E-state index contributed by atoms with van der Waals surface area (Å²) in [5, 5.41) is 6.04. The van der Waals surface area contributed by atoms with Crippen molar-refractivity contribution in [3.8, 4) is 0 Å². The van der Waals surface area contributed by atoms with Crippen molar-refractivity contribution < 1.29 is 4.79 Å². The van der Waals surface area contributed by atoms with Crippen molar-refractivity contribution in [3.05, 3.63) is 17.5 Å². The zero-order valence-electron chi connectivity index (χ0n) is 11.5. The minimum absolute atomic E-state index is 0.114. The molecule has 0 unspecified atom stereocenters. The molecule has 0 bridgehead atoms. The Morgan fingerprint density at radius 3 is 2.90 bits per heavy atom. The highest BCUT2D eigenvalue weighted by molar-refractivity contribution is 7.80. The maximum absolute atomic E-state index is 11.5. The van der Waals surface area contributed by atoms with Crippen molar-refractivity contribution in [2.24, 2.45) is 5.73 Å². The molecular weight excluding hydrogens is 274 g/mol. The molecule has 20 heavy (non-hydrogen) atoms. The molecule has 0 spiro atoms. The average Bonchev–Trinajstić information content (AvgIpc) is 3.18. The zero-order valence-corrected chi connectivity index (χ0v) is 12.3. The van der Waals surface area contributed by atoms with Crippen LogP contribution in [0.25, 0.3) is 0 Å². The standard InChI is InChI=1S/C13H19N5OS/c1-8-7-10(12(14)20)18-13(16-8)15-6-2-3-11(19)17-9-4-5-9/h7,9H,2-6H2,1H3,(H2,14,20)(H,17,19)(H,15,16,18). The van der Waals surface area contributed by atoms with Crippen molar-refractivity contribution in [1.82, 2.24) is 15.3 Å². The van der Waals surface area contributed by atoms with Crippen LogP contribution in [0.4, 0.5) is 5.95 Å². The number of nitrogens with two attached hydrogens (primary N) is 1. The van der Waals surface area contributed by atoms with Crippen LogP contribution in [0.3, 0.4) is 0 Å². The van der Waals surface area contributed by atoms with Gasteiger partial charge in [0.15, 0.2) is 0 Å². The third kappa shape index (κ3) is 4.73. The second-order valence-electron chi connectivity index (χ2n) is 4.95. The molecule has 7 heteroatoms.